The van der Waals surface area contributed by atoms with Crippen LogP contribution in [0.3, 0.4) is 0 Å². The molecule has 0 radical (unpaired) electrons. The normalized spacial score (nSPS) is 11.1. The molecule has 70 valence electrons. The van der Waals surface area contributed by atoms with E-state index in [1.165, 1.54) is 0 Å². The van der Waals surface area contributed by atoms with Crippen LogP contribution >= 0.6 is 50.7 Å². The van der Waals surface area contributed by atoms with Crippen LogP contribution in [0.2, 0.25) is 15.1 Å². The van der Waals surface area contributed by atoms with Crippen molar-refractivity contribution in [1.29, 1.82) is 0 Å². The summed E-state index contributed by atoms with van der Waals surface area (Å²) in [5.41, 5.74) is 0.832. The van der Waals surface area contributed by atoms with Crippen LogP contribution in [0.15, 0.2) is 18.2 Å². The largest absolute Gasteiger partial charge is 0.0883 e. The molecule has 0 fully saturated rings. The van der Waals surface area contributed by atoms with Gasteiger partial charge in [0.2, 0.25) is 0 Å². The molecule has 0 spiro atoms. The van der Waals surface area contributed by atoms with Crippen LogP contribution in [0.25, 0.3) is 6.08 Å². The van der Waals surface area contributed by atoms with E-state index in [4.69, 9.17) is 34.8 Å². The third kappa shape index (κ3) is 3.17. The number of allylic oxidation sites excluding steroid dienone is 1. The summed E-state index contributed by atoms with van der Waals surface area (Å²) in [5.74, 6) is 0. The Kier molecular flexibility index (Phi) is 4.60. The highest BCUT2D eigenvalue weighted by Gasteiger charge is 2.03. The van der Waals surface area contributed by atoms with E-state index in [-0.39, 0.29) is 0 Å². The van der Waals surface area contributed by atoms with Gasteiger partial charge in [-0.15, -0.1) is 0 Å². The molecule has 0 saturated heterocycles. The quantitative estimate of drug-likeness (QED) is 0.529. The maximum absolute atomic E-state index is 5.94. The lowest BCUT2D eigenvalue weighted by Crippen LogP contribution is -1.78. The van der Waals surface area contributed by atoms with Crippen LogP contribution in [-0.2, 0) is 0 Å². The third-order valence-electron chi connectivity index (χ3n) is 1.41. The van der Waals surface area contributed by atoms with Gasteiger partial charge in [-0.25, -0.2) is 0 Å². The van der Waals surface area contributed by atoms with E-state index in [1.54, 1.807) is 12.1 Å². The molecule has 0 N–H and O–H groups in total. The van der Waals surface area contributed by atoms with E-state index >= 15 is 0 Å². The number of halogens is 4. The van der Waals surface area contributed by atoms with Gasteiger partial charge in [0.25, 0.3) is 0 Å². The smallest absolute Gasteiger partial charge is 0.0665 e. The zero-order valence-electron chi connectivity index (χ0n) is 6.53. The fourth-order valence-corrected chi connectivity index (χ4v) is 1.74. The number of rotatable bonds is 2. The maximum atomic E-state index is 5.94. The van der Waals surface area contributed by atoms with Gasteiger partial charge in [0.1, 0.15) is 0 Å². The van der Waals surface area contributed by atoms with Crippen LogP contribution in [0.1, 0.15) is 5.56 Å². The first-order chi connectivity index (χ1) is 6.15. The molecule has 1 aromatic rings. The lowest BCUT2D eigenvalue weighted by Gasteiger charge is -2.01. The number of hydrogen-bond donors (Lipinski definition) is 0. The first kappa shape index (κ1) is 11.4. The van der Waals surface area contributed by atoms with E-state index in [0.29, 0.717) is 15.1 Å². The fraction of sp³-hybridized carbons (Fsp3) is 0.111. The van der Waals surface area contributed by atoms with Crippen molar-refractivity contribution in [3.63, 3.8) is 0 Å². The summed E-state index contributed by atoms with van der Waals surface area (Å²) in [6.45, 7) is 0. The highest BCUT2D eigenvalue weighted by atomic mass is 79.9. The molecule has 0 aliphatic carbocycles. The van der Waals surface area contributed by atoms with E-state index in [0.717, 1.165) is 10.9 Å². The molecule has 0 unspecified atom stereocenters. The number of benzene rings is 1. The van der Waals surface area contributed by atoms with E-state index < -0.39 is 0 Å². The average molecular weight is 300 g/mol. The minimum absolute atomic E-state index is 0.475. The van der Waals surface area contributed by atoms with Gasteiger partial charge >= 0.3 is 0 Å². The van der Waals surface area contributed by atoms with Crippen molar-refractivity contribution >= 4 is 56.8 Å². The molecule has 4 heteroatoms. The molecular weight excluding hydrogens is 294 g/mol. The van der Waals surface area contributed by atoms with Crippen molar-refractivity contribution in [1.82, 2.24) is 0 Å². The Balaban J connectivity index is 3.12. The van der Waals surface area contributed by atoms with Crippen LogP contribution in [-0.4, -0.2) is 5.33 Å². The first-order valence-corrected chi connectivity index (χ1v) is 5.77. The Morgan fingerprint density at radius 3 is 2.54 bits per heavy atom. The zero-order chi connectivity index (χ0) is 9.84. The summed E-state index contributed by atoms with van der Waals surface area (Å²) >= 11 is 20.9. The number of hydrogen-bond acceptors (Lipinski definition) is 0. The van der Waals surface area contributed by atoms with Crippen LogP contribution < -0.4 is 0 Å². The molecule has 0 bridgehead atoms. The Morgan fingerprint density at radius 2 is 1.92 bits per heavy atom. The summed E-state index contributed by atoms with van der Waals surface area (Å²) in [7, 11) is 0. The van der Waals surface area contributed by atoms with Gasteiger partial charge in [-0.05, 0) is 17.7 Å². The Hall–Kier alpha value is 0.310. The van der Waals surface area contributed by atoms with Gasteiger partial charge in [0, 0.05) is 10.4 Å². The lowest BCUT2D eigenvalue weighted by molar-refractivity contribution is 1.64. The summed E-state index contributed by atoms with van der Waals surface area (Å²) in [6, 6.07) is 3.39. The molecule has 0 atom stereocenters. The Bertz CT molecular complexity index is 334. The summed E-state index contributed by atoms with van der Waals surface area (Å²) in [6.07, 6.45) is 3.79. The maximum Gasteiger partial charge on any atom is 0.0665 e. The molecule has 0 aliphatic heterocycles. The van der Waals surface area contributed by atoms with E-state index in [9.17, 15) is 0 Å². The summed E-state index contributed by atoms with van der Waals surface area (Å²) in [4.78, 5) is 0. The van der Waals surface area contributed by atoms with Crippen molar-refractivity contribution in [3.8, 4) is 0 Å². The first-order valence-electron chi connectivity index (χ1n) is 3.52. The second-order valence-electron chi connectivity index (χ2n) is 2.35. The molecule has 1 aromatic carbocycles. The van der Waals surface area contributed by atoms with Crippen molar-refractivity contribution in [2.24, 2.45) is 0 Å². The van der Waals surface area contributed by atoms with Crippen molar-refractivity contribution < 1.29 is 0 Å². The number of alkyl halides is 1. The predicted octanol–water partition coefficient (Wildman–Crippen LogP) is 5.05. The molecule has 0 aliphatic rings. The molecule has 0 saturated carbocycles. The van der Waals surface area contributed by atoms with E-state index in [2.05, 4.69) is 15.9 Å². The lowest BCUT2D eigenvalue weighted by atomic mass is 10.2. The SMILES string of the molecule is Clc1cc(Cl)c(Cl)c(C=CCBr)c1. The van der Waals surface area contributed by atoms with Gasteiger partial charge in [-0.2, -0.15) is 0 Å². The second-order valence-corrected chi connectivity index (χ2v) is 4.22. The molecular formula is C9H6BrCl3. The monoisotopic (exact) mass is 298 g/mol. The fourth-order valence-electron chi connectivity index (χ4n) is 0.869. The molecule has 0 nitrogen and oxygen atoms in total. The van der Waals surface area contributed by atoms with Crippen LogP contribution in [0.4, 0.5) is 0 Å². The van der Waals surface area contributed by atoms with Gasteiger partial charge in [-0.1, -0.05) is 62.9 Å². The summed E-state index contributed by atoms with van der Waals surface area (Å²) < 4.78 is 0. The molecule has 13 heavy (non-hydrogen) atoms. The highest BCUT2D eigenvalue weighted by molar-refractivity contribution is 9.09. The van der Waals surface area contributed by atoms with Crippen LogP contribution in [0.5, 0.6) is 0 Å². The Labute approximate surface area is 101 Å². The molecule has 0 amide bonds. The third-order valence-corrected chi connectivity index (χ3v) is 2.82. The van der Waals surface area contributed by atoms with Crippen LogP contribution in [0, 0.1) is 0 Å². The summed E-state index contributed by atoms with van der Waals surface area (Å²) in [5, 5.41) is 2.36. The second kappa shape index (κ2) is 5.26. The van der Waals surface area contributed by atoms with Gasteiger partial charge in [-0.3, -0.25) is 0 Å². The molecule has 0 aromatic heterocycles. The average Bonchev–Trinajstić information content (AvgIpc) is 2.09. The van der Waals surface area contributed by atoms with E-state index in [1.807, 2.05) is 12.2 Å². The predicted molar refractivity (Wildman–Crippen MR) is 64.3 cm³/mol. The van der Waals surface area contributed by atoms with Gasteiger partial charge < -0.3 is 0 Å². The Morgan fingerprint density at radius 1 is 1.23 bits per heavy atom. The highest BCUT2D eigenvalue weighted by Crippen LogP contribution is 2.30. The standard InChI is InChI=1S/C9H6BrCl3/c10-3-1-2-6-4-7(11)5-8(12)9(6)13/h1-2,4-5H,3H2. The molecule has 1 rings (SSSR count). The van der Waals surface area contributed by atoms with Crippen molar-refractivity contribution in [2.45, 2.75) is 0 Å². The van der Waals surface area contributed by atoms with Crippen molar-refractivity contribution in [3.05, 3.63) is 38.8 Å². The topological polar surface area (TPSA) is 0 Å². The minimum Gasteiger partial charge on any atom is -0.0883 e. The van der Waals surface area contributed by atoms with Crippen molar-refractivity contribution in [2.75, 3.05) is 5.33 Å². The zero-order valence-corrected chi connectivity index (χ0v) is 10.4. The van der Waals surface area contributed by atoms with Gasteiger partial charge in [0.05, 0.1) is 10.0 Å². The van der Waals surface area contributed by atoms with Gasteiger partial charge in [0.15, 0.2) is 0 Å². The minimum atomic E-state index is 0.475. The molecule has 0 heterocycles.